The monoisotopic (exact) mass is 254 g/mol. The molecule has 0 aromatic carbocycles. The maximum absolute atomic E-state index is 11.0. The lowest BCUT2D eigenvalue weighted by atomic mass is 10.3. The van der Waals surface area contributed by atoms with E-state index in [0.29, 0.717) is 13.0 Å². The van der Waals surface area contributed by atoms with Crippen molar-refractivity contribution in [3.05, 3.63) is 28.4 Å². The molecule has 18 heavy (non-hydrogen) atoms. The number of ether oxygens (including phenoxy) is 2. The van der Waals surface area contributed by atoms with Crippen molar-refractivity contribution in [2.75, 3.05) is 13.2 Å². The highest BCUT2D eigenvalue weighted by Crippen LogP contribution is 2.22. The summed E-state index contributed by atoms with van der Waals surface area (Å²) in [6, 6.07) is 3.02. The molecule has 0 aliphatic heterocycles. The van der Waals surface area contributed by atoms with Gasteiger partial charge in [0.05, 0.1) is 13.2 Å². The first-order valence-electron chi connectivity index (χ1n) is 5.53. The van der Waals surface area contributed by atoms with E-state index < -0.39 is 4.92 Å². The Morgan fingerprint density at radius 2 is 2.33 bits per heavy atom. The van der Waals surface area contributed by atoms with Crippen LogP contribution in [0.1, 0.15) is 19.8 Å². The highest BCUT2D eigenvalue weighted by Gasteiger charge is 2.15. The van der Waals surface area contributed by atoms with Gasteiger partial charge in [0.1, 0.15) is 6.20 Å². The number of esters is 1. The van der Waals surface area contributed by atoms with Gasteiger partial charge in [0.25, 0.3) is 0 Å². The van der Waals surface area contributed by atoms with E-state index in [1.807, 2.05) is 0 Å². The number of nitrogens with zero attached hydrogens (tertiary/aromatic N) is 2. The zero-order valence-electron chi connectivity index (χ0n) is 10.00. The number of hydrogen-bond donors (Lipinski definition) is 0. The van der Waals surface area contributed by atoms with Gasteiger partial charge in [-0.1, -0.05) is 0 Å². The summed E-state index contributed by atoms with van der Waals surface area (Å²) in [7, 11) is 0. The topological polar surface area (TPSA) is 91.6 Å². The number of aromatic nitrogens is 1. The predicted octanol–water partition coefficient (Wildman–Crippen LogP) is 1.71. The minimum Gasteiger partial charge on any atom is -0.486 e. The van der Waals surface area contributed by atoms with Crippen molar-refractivity contribution in [3.63, 3.8) is 0 Å². The van der Waals surface area contributed by atoms with E-state index in [9.17, 15) is 14.9 Å². The maximum atomic E-state index is 11.0. The SMILES string of the molecule is CCOC(=O)CCCOc1cccnc1[N+](=O)[O-]. The lowest BCUT2D eigenvalue weighted by Gasteiger charge is -2.05. The summed E-state index contributed by atoms with van der Waals surface area (Å²) in [5, 5.41) is 10.6. The molecule has 0 atom stereocenters. The van der Waals surface area contributed by atoms with E-state index in [0.717, 1.165) is 0 Å². The molecule has 1 rings (SSSR count). The fourth-order valence-corrected chi connectivity index (χ4v) is 1.26. The second-order valence-electron chi connectivity index (χ2n) is 3.34. The van der Waals surface area contributed by atoms with E-state index in [2.05, 4.69) is 4.98 Å². The molecule has 0 aliphatic rings. The van der Waals surface area contributed by atoms with Crippen LogP contribution in [0.3, 0.4) is 0 Å². The fourth-order valence-electron chi connectivity index (χ4n) is 1.26. The van der Waals surface area contributed by atoms with Crippen LogP contribution in [0.15, 0.2) is 18.3 Å². The number of hydrogen-bond acceptors (Lipinski definition) is 6. The minimum absolute atomic E-state index is 0.103. The Kier molecular flexibility index (Phi) is 5.56. The summed E-state index contributed by atoms with van der Waals surface area (Å²) >= 11 is 0. The van der Waals surface area contributed by atoms with Gasteiger partial charge in [-0.25, -0.2) is 0 Å². The van der Waals surface area contributed by atoms with Crippen molar-refractivity contribution < 1.29 is 19.2 Å². The average molecular weight is 254 g/mol. The molecule has 0 N–H and O–H groups in total. The highest BCUT2D eigenvalue weighted by molar-refractivity contribution is 5.69. The molecule has 1 heterocycles. The normalized spacial score (nSPS) is 9.83. The van der Waals surface area contributed by atoms with Crippen molar-refractivity contribution >= 4 is 11.8 Å². The van der Waals surface area contributed by atoms with Gasteiger partial charge in [-0.2, -0.15) is 0 Å². The van der Waals surface area contributed by atoms with Crippen molar-refractivity contribution in [3.8, 4) is 5.75 Å². The van der Waals surface area contributed by atoms with Crippen LogP contribution < -0.4 is 4.74 Å². The highest BCUT2D eigenvalue weighted by atomic mass is 16.6. The van der Waals surface area contributed by atoms with Crippen LogP contribution >= 0.6 is 0 Å². The van der Waals surface area contributed by atoms with Crippen molar-refractivity contribution in [1.82, 2.24) is 4.98 Å². The molecule has 0 saturated heterocycles. The average Bonchev–Trinajstić information content (AvgIpc) is 2.35. The molecule has 0 unspecified atom stereocenters. The molecule has 98 valence electrons. The number of rotatable bonds is 7. The lowest BCUT2D eigenvalue weighted by molar-refractivity contribution is -0.390. The van der Waals surface area contributed by atoms with Crippen LogP contribution in [0.25, 0.3) is 0 Å². The molecule has 0 bridgehead atoms. The third-order valence-electron chi connectivity index (χ3n) is 2.01. The Bertz CT molecular complexity index is 422. The van der Waals surface area contributed by atoms with Crippen molar-refractivity contribution in [2.45, 2.75) is 19.8 Å². The predicted molar refractivity (Wildman–Crippen MR) is 62.3 cm³/mol. The Balaban J connectivity index is 2.40. The minimum atomic E-state index is -0.610. The van der Waals surface area contributed by atoms with Crippen LogP contribution in [0, 0.1) is 10.1 Å². The van der Waals surface area contributed by atoms with Gasteiger partial charge in [0.2, 0.25) is 5.75 Å². The summed E-state index contributed by atoms with van der Waals surface area (Å²) in [6.07, 6.45) is 1.98. The summed E-state index contributed by atoms with van der Waals surface area (Å²) in [5.41, 5.74) is 0. The molecule has 7 nitrogen and oxygen atoms in total. The summed E-state index contributed by atoms with van der Waals surface area (Å²) in [5.74, 6) is -0.526. The van der Waals surface area contributed by atoms with E-state index in [1.165, 1.54) is 12.3 Å². The molecule has 0 fully saturated rings. The summed E-state index contributed by atoms with van der Waals surface area (Å²) in [4.78, 5) is 24.7. The van der Waals surface area contributed by atoms with Crippen molar-refractivity contribution in [2.24, 2.45) is 0 Å². The molecule has 0 radical (unpaired) electrons. The van der Waals surface area contributed by atoms with Crippen LogP contribution in [-0.2, 0) is 9.53 Å². The Morgan fingerprint density at radius 1 is 1.56 bits per heavy atom. The van der Waals surface area contributed by atoms with Crippen LogP contribution in [0.2, 0.25) is 0 Å². The number of carbonyl (C=O) groups is 1. The summed E-state index contributed by atoms with van der Waals surface area (Å²) in [6.45, 7) is 2.27. The number of nitro groups is 1. The molecular weight excluding hydrogens is 240 g/mol. The summed E-state index contributed by atoms with van der Waals surface area (Å²) < 4.78 is 9.96. The van der Waals surface area contributed by atoms with E-state index in [-0.39, 0.29) is 30.6 Å². The first-order chi connectivity index (χ1) is 8.65. The Labute approximate surface area is 104 Å². The Hall–Kier alpha value is -2.18. The van der Waals surface area contributed by atoms with E-state index in [4.69, 9.17) is 9.47 Å². The standard InChI is InChI=1S/C11H14N2O5/c1-2-17-10(14)6-4-8-18-9-5-3-7-12-11(9)13(15)16/h3,5,7H,2,4,6,8H2,1H3. The van der Waals surface area contributed by atoms with Gasteiger partial charge < -0.3 is 19.6 Å². The second-order valence-corrected chi connectivity index (χ2v) is 3.34. The van der Waals surface area contributed by atoms with Crippen molar-refractivity contribution in [1.29, 1.82) is 0 Å². The maximum Gasteiger partial charge on any atom is 0.406 e. The molecule has 7 heteroatoms. The zero-order chi connectivity index (χ0) is 13.4. The number of pyridine rings is 1. The van der Waals surface area contributed by atoms with E-state index >= 15 is 0 Å². The molecule has 0 spiro atoms. The smallest absolute Gasteiger partial charge is 0.406 e. The fraction of sp³-hybridized carbons (Fsp3) is 0.455. The van der Waals surface area contributed by atoms with Crippen LogP contribution in [0.5, 0.6) is 5.75 Å². The van der Waals surface area contributed by atoms with Crippen LogP contribution in [0.4, 0.5) is 5.82 Å². The molecule has 0 amide bonds. The molecule has 1 aromatic rings. The van der Waals surface area contributed by atoms with Gasteiger partial charge in [-0.3, -0.25) is 4.79 Å². The van der Waals surface area contributed by atoms with Gasteiger partial charge in [0, 0.05) is 6.42 Å². The lowest BCUT2D eigenvalue weighted by Crippen LogP contribution is -2.07. The quantitative estimate of drug-likeness (QED) is 0.318. The molecular formula is C11H14N2O5. The molecule has 1 aromatic heterocycles. The second kappa shape index (κ2) is 7.21. The Morgan fingerprint density at radius 3 is 3.00 bits per heavy atom. The first kappa shape index (κ1) is 13.9. The van der Waals surface area contributed by atoms with Gasteiger partial charge >= 0.3 is 11.8 Å². The van der Waals surface area contributed by atoms with Gasteiger partial charge in [0.15, 0.2) is 0 Å². The molecule has 0 saturated carbocycles. The third-order valence-corrected chi connectivity index (χ3v) is 2.01. The third kappa shape index (κ3) is 4.36. The largest absolute Gasteiger partial charge is 0.486 e. The van der Waals surface area contributed by atoms with Gasteiger partial charge in [-0.05, 0) is 35.4 Å². The number of carbonyl (C=O) groups excluding carboxylic acids is 1. The van der Waals surface area contributed by atoms with Crippen LogP contribution in [-0.4, -0.2) is 29.1 Å². The molecule has 0 aliphatic carbocycles. The zero-order valence-corrected chi connectivity index (χ0v) is 10.00. The van der Waals surface area contributed by atoms with Gasteiger partial charge in [-0.15, -0.1) is 0 Å². The first-order valence-corrected chi connectivity index (χ1v) is 5.53. The van der Waals surface area contributed by atoms with E-state index in [1.54, 1.807) is 13.0 Å².